The lowest BCUT2D eigenvalue weighted by Gasteiger charge is -2.23. The van der Waals surface area contributed by atoms with Gasteiger partial charge in [0.15, 0.2) is 0 Å². The maximum atomic E-state index is 8.34. The molecule has 0 saturated heterocycles. The van der Waals surface area contributed by atoms with Crippen LogP contribution in [0.2, 0.25) is 0 Å². The Bertz CT molecular complexity index is 439. The predicted octanol–water partition coefficient (Wildman–Crippen LogP) is 2.54. The number of methoxy groups -OCH3 is 1. The summed E-state index contributed by atoms with van der Waals surface area (Å²) in [6.45, 7) is 0.0167. The van der Waals surface area contributed by atoms with Crippen LogP contribution in [0.25, 0.3) is 10.4 Å². The molecule has 0 unspecified atom stereocenters. The molecule has 0 radical (unpaired) electrons. The SMILES string of the molecule is COc1ccc(C(C=N)(C=N)CN=[N+]=[N-])cc1. The van der Waals surface area contributed by atoms with E-state index in [9.17, 15) is 0 Å². The monoisotopic (exact) mass is 231 g/mol. The van der Waals surface area contributed by atoms with Crippen LogP contribution in [0.5, 0.6) is 5.75 Å². The van der Waals surface area contributed by atoms with Crippen LogP contribution in [0, 0.1) is 10.8 Å². The summed E-state index contributed by atoms with van der Waals surface area (Å²) in [5, 5.41) is 18.3. The lowest BCUT2D eigenvalue weighted by Crippen LogP contribution is -2.32. The van der Waals surface area contributed by atoms with Crippen molar-refractivity contribution in [1.82, 2.24) is 0 Å². The molecule has 1 aromatic rings. The van der Waals surface area contributed by atoms with Gasteiger partial charge in [-0.3, -0.25) is 0 Å². The number of hydrogen-bond acceptors (Lipinski definition) is 4. The zero-order valence-electron chi connectivity index (χ0n) is 9.42. The molecule has 0 aliphatic carbocycles. The number of azide groups is 1. The average Bonchev–Trinajstić information content (AvgIpc) is 2.41. The fourth-order valence-corrected chi connectivity index (χ4v) is 1.44. The van der Waals surface area contributed by atoms with Crippen molar-refractivity contribution >= 4 is 12.4 Å². The van der Waals surface area contributed by atoms with Crippen LogP contribution in [-0.2, 0) is 5.41 Å². The van der Waals surface area contributed by atoms with Crippen LogP contribution in [-0.4, -0.2) is 26.1 Å². The maximum absolute atomic E-state index is 8.34. The van der Waals surface area contributed by atoms with Gasteiger partial charge in [-0.1, -0.05) is 17.2 Å². The van der Waals surface area contributed by atoms with Gasteiger partial charge >= 0.3 is 0 Å². The number of benzene rings is 1. The van der Waals surface area contributed by atoms with Crippen molar-refractivity contribution in [2.45, 2.75) is 5.41 Å². The molecule has 17 heavy (non-hydrogen) atoms. The fourth-order valence-electron chi connectivity index (χ4n) is 1.44. The van der Waals surface area contributed by atoms with E-state index in [2.05, 4.69) is 10.0 Å². The van der Waals surface area contributed by atoms with Crippen molar-refractivity contribution in [1.29, 1.82) is 10.8 Å². The van der Waals surface area contributed by atoms with E-state index >= 15 is 0 Å². The van der Waals surface area contributed by atoms with Gasteiger partial charge in [-0.2, -0.15) is 0 Å². The van der Waals surface area contributed by atoms with Crippen molar-refractivity contribution in [3.05, 3.63) is 40.3 Å². The first-order valence-electron chi connectivity index (χ1n) is 4.91. The van der Waals surface area contributed by atoms with Crippen molar-refractivity contribution in [3.63, 3.8) is 0 Å². The topological polar surface area (TPSA) is 106 Å². The lowest BCUT2D eigenvalue weighted by atomic mass is 9.83. The maximum Gasteiger partial charge on any atom is 0.118 e. The van der Waals surface area contributed by atoms with Gasteiger partial charge in [0, 0.05) is 23.9 Å². The number of ether oxygens (including phenoxy) is 1. The molecule has 0 saturated carbocycles. The minimum absolute atomic E-state index is 0.0167. The van der Waals surface area contributed by atoms with Crippen LogP contribution in [0.15, 0.2) is 29.4 Å². The summed E-state index contributed by atoms with van der Waals surface area (Å²) in [6, 6.07) is 6.99. The molecule has 0 aromatic heterocycles. The number of nitrogens with zero attached hydrogens (tertiary/aromatic N) is 3. The van der Waals surface area contributed by atoms with E-state index in [1.54, 1.807) is 31.4 Å². The molecular formula is C11H13N5O. The van der Waals surface area contributed by atoms with E-state index in [0.29, 0.717) is 5.75 Å². The standard InChI is InChI=1S/C11H13N5O/c1-17-10-4-2-9(3-5-10)11(6-12,7-13)8-15-16-14/h2-7,12-13H,8H2,1H3. The van der Waals surface area contributed by atoms with Gasteiger partial charge < -0.3 is 15.6 Å². The molecule has 1 rings (SSSR count). The highest BCUT2D eigenvalue weighted by Gasteiger charge is 2.26. The van der Waals surface area contributed by atoms with Crippen LogP contribution < -0.4 is 4.74 Å². The minimum Gasteiger partial charge on any atom is -0.497 e. The minimum atomic E-state index is -0.974. The second-order valence-electron chi connectivity index (χ2n) is 3.45. The zero-order valence-corrected chi connectivity index (χ0v) is 9.42. The Morgan fingerprint density at radius 2 is 1.94 bits per heavy atom. The molecule has 6 heteroatoms. The van der Waals surface area contributed by atoms with Gasteiger partial charge in [-0.25, -0.2) is 0 Å². The summed E-state index contributed by atoms with van der Waals surface area (Å²) < 4.78 is 5.03. The molecular weight excluding hydrogens is 218 g/mol. The summed E-state index contributed by atoms with van der Waals surface area (Å²) >= 11 is 0. The Morgan fingerprint density at radius 3 is 2.35 bits per heavy atom. The molecule has 0 amide bonds. The lowest BCUT2D eigenvalue weighted by molar-refractivity contribution is 0.414. The largest absolute Gasteiger partial charge is 0.497 e. The average molecular weight is 231 g/mol. The summed E-state index contributed by atoms with van der Waals surface area (Å²) in [7, 11) is 1.56. The van der Waals surface area contributed by atoms with Gasteiger partial charge in [0.1, 0.15) is 5.75 Å². The predicted molar refractivity (Wildman–Crippen MR) is 66.3 cm³/mol. The third-order valence-corrected chi connectivity index (χ3v) is 2.54. The fraction of sp³-hybridized carbons (Fsp3) is 0.273. The van der Waals surface area contributed by atoms with Gasteiger partial charge in [0.2, 0.25) is 0 Å². The Hall–Kier alpha value is -2.33. The van der Waals surface area contributed by atoms with Crippen molar-refractivity contribution in [3.8, 4) is 5.75 Å². The number of rotatable bonds is 6. The second kappa shape index (κ2) is 5.67. The summed E-state index contributed by atoms with van der Waals surface area (Å²) in [4.78, 5) is 2.67. The number of nitrogens with one attached hydrogen (secondary N) is 2. The van der Waals surface area contributed by atoms with Crippen LogP contribution in [0.1, 0.15) is 5.56 Å². The molecule has 88 valence electrons. The Balaban J connectivity index is 3.15. The molecule has 0 aliphatic rings. The summed E-state index contributed by atoms with van der Waals surface area (Å²) in [6.07, 6.45) is 2.22. The van der Waals surface area contributed by atoms with Gasteiger partial charge in [-0.15, -0.1) is 0 Å². The summed E-state index contributed by atoms with van der Waals surface area (Å²) in [5.74, 6) is 0.696. The first-order chi connectivity index (χ1) is 8.22. The second-order valence-corrected chi connectivity index (χ2v) is 3.45. The third kappa shape index (κ3) is 2.62. The van der Waals surface area contributed by atoms with Crippen molar-refractivity contribution < 1.29 is 4.74 Å². The highest BCUT2D eigenvalue weighted by molar-refractivity contribution is 5.94. The molecule has 0 bridgehead atoms. The number of hydrogen-bond donors (Lipinski definition) is 2. The quantitative estimate of drug-likeness (QED) is 0.334. The Morgan fingerprint density at radius 1 is 1.35 bits per heavy atom. The van der Waals surface area contributed by atoms with Gasteiger partial charge in [0.25, 0.3) is 0 Å². The third-order valence-electron chi connectivity index (χ3n) is 2.54. The Kier molecular flexibility index (Phi) is 4.25. The molecule has 0 atom stereocenters. The van der Waals surface area contributed by atoms with Crippen molar-refractivity contribution in [2.24, 2.45) is 5.11 Å². The van der Waals surface area contributed by atoms with Crippen LogP contribution >= 0.6 is 0 Å². The highest BCUT2D eigenvalue weighted by atomic mass is 16.5. The molecule has 0 aliphatic heterocycles. The van der Waals surface area contributed by atoms with E-state index in [0.717, 1.165) is 18.0 Å². The van der Waals surface area contributed by atoms with E-state index in [1.807, 2.05) is 0 Å². The van der Waals surface area contributed by atoms with Gasteiger partial charge in [-0.05, 0) is 23.2 Å². The zero-order chi connectivity index (χ0) is 12.7. The molecule has 0 heterocycles. The molecule has 6 nitrogen and oxygen atoms in total. The first-order valence-corrected chi connectivity index (χ1v) is 4.91. The highest BCUT2D eigenvalue weighted by Crippen LogP contribution is 2.23. The van der Waals surface area contributed by atoms with E-state index in [1.165, 1.54) is 0 Å². The van der Waals surface area contributed by atoms with E-state index < -0.39 is 5.41 Å². The van der Waals surface area contributed by atoms with E-state index in [-0.39, 0.29) is 6.54 Å². The molecule has 0 fully saturated rings. The smallest absolute Gasteiger partial charge is 0.118 e. The van der Waals surface area contributed by atoms with Crippen LogP contribution in [0.4, 0.5) is 0 Å². The first kappa shape index (κ1) is 12.7. The molecule has 2 N–H and O–H groups in total. The normalized spacial score (nSPS) is 13.0. The molecule has 1 aromatic carbocycles. The van der Waals surface area contributed by atoms with Crippen molar-refractivity contribution in [2.75, 3.05) is 13.7 Å². The Labute approximate surface area is 98.9 Å². The summed E-state index contributed by atoms with van der Waals surface area (Å²) in [5.41, 5.74) is 8.08. The van der Waals surface area contributed by atoms with E-state index in [4.69, 9.17) is 21.1 Å². The molecule has 0 spiro atoms. The van der Waals surface area contributed by atoms with Gasteiger partial charge in [0.05, 0.1) is 12.5 Å². The van der Waals surface area contributed by atoms with Crippen LogP contribution in [0.3, 0.4) is 0 Å².